The largest absolute Gasteiger partial charge is 0.471 e. The van der Waals surface area contributed by atoms with Gasteiger partial charge < -0.3 is 15.1 Å². The number of imidazole rings is 1. The van der Waals surface area contributed by atoms with Crippen LogP contribution in [-0.2, 0) is 4.79 Å². The fraction of sp³-hybridized carbons (Fsp3) is 0.606. The maximum Gasteiger partial charge on any atom is 0.255 e. The average Bonchev–Trinajstić information content (AvgIpc) is 3.53. The summed E-state index contributed by atoms with van der Waals surface area (Å²) in [5.41, 5.74) is 1.85. The minimum absolute atomic E-state index is 0.0439. The standard InChI is InChI=1S/C33H36F4N6O3/c34-32(35)8-4-21(5-9-32)28(42-30(45)24-17-46-16-23(24)20-2-3-20)25-15-43-26(40-25)11-22(14-39-43)29(31(18-38)6-1-7-31)41-27(44)10-19-12-33(36,37)13-19/h11,14-17,19-21,28-29H,1-10,12-13H2,(H,41,44)(H,42,45)/t28-,29-/m0/s1. The van der Waals surface area contributed by atoms with E-state index >= 15 is 0 Å². The first-order chi connectivity index (χ1) is 21.9. The van der Waals surface area contributed by atoms with Gasteiger partial charge in [0, 0.05) is 37.7 Å². The molecule has 4 aliphatic rings. The van der Waals surface area contributed by atoms with Gasteiger partial charge in [0.2, 0.25) is 17.8 Å². The van der Waals surface area contributed by atoms with Crippen molar-refractivity contribution in [2.45, 2.75) is 107 Å². The zero-order chi connectivity index (χ0) is 32.3. The van der Waals surface area contributed by atoms with Crippen molar-refractivity contribution in [2.24, 2.45) is 17.3 Å². The second-order valence-electron chi connectivity index (χ2n) is 13.9. The van der Waals surface area contributed by atoms with Gasteiger partial charge in [0.05, 0.1) is 53.5 Å². The summed E-state index contributed by atoms with van der Waals surface area (Å²) < 4.78 is 61.9. The van der Waals surface area contributed by atoms with Crippen molar-refractivity contribution in [1.82, 2.24) is 25.2 Å². The molecule has 46 heavy (non-hydrogen) atoms. The van der Waals surface area contributed by atoms with E-state index in [9.17, 15) is 32.4 Å². The highest BCUT2D eigenvalue weighted by atomic mass is 19.3. The van der Waals surface area contributed by atoms with Crippen molar-refractivity contribution in [3.8, 4) is 6.07 Å². The molecule has 9 nitrogen and oxygen atoms in total. The van der Waals surface area contributed by atoms with Crippen LogP contribution in [0, 0.1) is 28.6 Å². The number of hydrogen-bond donors (Lipinski definition) is 2. The lowest BCUT2D eigenvalue weighted by molar-refractivity contribution is -0.135. The first-order valence-electron chi connectivity index (χ1n) is 16.1. The van der Waals surface area contributed by atoms with Crippen LogP contribution in [0.1, 0.15) is 122 Å². The van der Waals surface area contributed by atoms with E-state index in [2.05, 4.69) is 21.8 Å². The molecule has 2 atom stereocenters. The number of nitrogens with one attached hydrogen (secondary N) is 2. The summed E-state index contributed by atoms with van der Waals surface area (Å²) in [6.07, 6.45) is 9.30. The molecule has 2 amide bonds. The number of rotatable bonds is 10. The second kappa shape index (κ2) is 11.4. The van der Waals surface area contributed by atoms with E-state index < -0.39 is 41.2 Å². The van der Waals surface area contributed by atoms with Gasteiger partial charge in [0.1, 0.15) is 6.26 Å². The fourth-order valence-electron chi connectivity index (χ4n) is 7.44. The van der Waals surface area contributed by atoms with E-state index in [1.807, 2.05) is 0 Å². The molecule has 4 fully saturated rings. The third-order valence-electron chi connectivity index (χ3n) is 10.5. The van der Waals surface area contributed by atoms with Crippen LogP contribution >= 0.6 is 0 Å². The number of aromatic nitrogens is 3. The van der Waals surface area contributed by atoms with Gasteiger partial charge in [0.25, 0.3) is 5.91 Å². The Morgan fingerprint density at radius 3 is 2.41 bits per heavy atom. The van der Waals surface area contributed by atoms with E-state index in [1.165, 1.54) is 10.8 Å². The predicted molar refractivity (Wildman–Crippen MR) is 156 cm³/mol. The van der Waals surface area contributed by atoms with E-state index in [1.54, 1.807) is 24.7 Å². The van der Waals surface area contributed by atoms with Crippen LogP contribution in [0.2, 0.25) is 0 Å². The summed E-state index contributed by atoms with van der Waals surface area (Å²) in [6.45, 7) is 0. The summed E-state index contributed by atoms with van der Waals surface area (Å²) in [7, 11) is 0. The molecule has 0 saturated heterocycles. The van der Waals surface area contributed by atoms with Crippen molar-refractivity contribution >= 4 is 17.5 Å². The number of furan rings is 1. The van der Waals surface area contributed by atoms with Gasteiger partial charge in [-0.1, -0.05) is 6.42 Å². The molecule has 13 heteroatoms. The van der Waals surface area contributed by atoms with Gasteiger partial charge in [-0.05, 0) is 67.9 Å². The maximum atomic E-state index is 14.1. The zero-order valence-electron chi connectivity index (χ0n) is 25.3. The molecule has 0 unspecified atom stereocenters. The Bertz CT molecular complexity index is 1670. The summed E-state index contributed by atoms with van der Waals surface area (Å²) in [4.78, 5) is 31.3. The third kappa shape index (κ3) is 5.98. The molecule has 0 spiro atoms. The molecule has 0 aromatic carbocycles. The minimum atomic E-state index is -2.75. The Morgan fingerprint density at radius 1 is 1.04 bits per heavy atom. The normalized spacial score (nSPS) is 23.5. The molecule has 3 heterocycles. The van der Waals surface area contributed by atoms with Crippen LogP contribution in [0.5, 0.6) is 0 Å². The average molecular weight is 641 g/mol. The molecule has 4 aliphatic carbocycles. The van der Waals surface area contributed by atoms with Gasteiger partial charge in [0.15, 0.2) is 5.65 Å². The molecule has 4 saturated carbocycles. The van der Waals surface area contributed by atoms with E-state index in [0.29, 0.717) is 35.3 Å². The van der Waals surface area contributed by atoms with Gasteiger partial charge >= 0.3 is 0 Å². The lowest BCUT2D eigenvalue weighted by Gasteiger charge is -2.43. The Kier molecular flexibility index (Phi) is 7.60. The highest BCUT2D eigenvalue weighted by Crippen LogP contribution is 2.50. The van der Waals surface area contributed by atoms with Gasteiger partial charge in [-0.15, -0.1) is 0 Å². The zero-order valence-corrected chi connectivity index (χ0v) is 25.3. The fourth-order valence-corrected chi connectivity index (χ4v) is 7.44. The van der Waals surface area contributed by atoms with Gasteiger partial charge in [-0.3, -0.25) is 9.59 Å². The number of nitriles is 1. The van der Waals surface area contributed by atoms with Crippen molar-refractivity contribution in [3.05, 3.63) is 53.4 Å². The van der Waals surface area contributed by atoms with Crippen molar-refractivity contribution in [1.29, 1.82) is 5.26 Å². The number of hydrogen-bond acceptors (Lipinski definition) is 6. The molecule has 0 aliphatic heterocycles. The number of alkyl halides is 4. The highest BCUT2D eigenvalue weighted by Gasteiger charge is 2.49. The van der Waals surface area contributed by atoms with Gasteiger partial charge in [-0.25, -0.2) is 27.1 Å². The first-order valence-corrected chi connectivity index (χ1v) is 16.1. The van der Waals surface area contributed by atoms with Crippen LogP contribution in [0.25, 0.3) is 5.65 Å². The molecule has 0 bridgehead atoms. The van der Waals surface area contributed by atoms with Crippen LogP contribution in [-0.4, -0.2) is 38.3 Å². The molecule has 0 radical (unpaired) electrons. The lowest BCUT2D eigenvalue weighted by atomic mass is 9.63. The summed E-state index contributed by atoms with van der Waals surface area (Å²) in [6, 6.07) is 2.73. The summed E-state index contributed by atoms with van der Waals surface area (Å²) in [5.74, 6) is -6.63. The number of fused-ring (bicyclic) bond motifs is 1. The van der Waals surface area contributed by atoms with Crippen LogP contribution in [0.4, 0.5) is 17.6 Å². The Hall–Kier alpha value is -3.95. The highest BCUT2D eigenvalue weighted by molar-refractivity contribution is 5.96. The van der Waals surface area contributed by atoms with E-state index in [-0.39, 0.29) is 62.7 Å². The Balaban J connectivity index is 1.16. The van der Waals surface area contributed by atoms with E-state index in [0.717, 1.165) is 24.8 Å². The van der Waals surface area contributed by atoms with Crippen LogP contribution in [0.15, 0.2) is 35.4 Å². The quantitative estimate of drug-likeness (QED) is 0.235. The smallest absolute Gasteiger partial charge is 0.255 e. The SMILES string of the molecule is N#CC1([C@@H](NC(=O)CC2CC(F)(F)C2)c2cnn3cc([C@@H](NC(=O)c4cocc4C4CC4)C4CCC(F)(F)CC4)nc3c2)CCC1. The lowest BCUT2D eigenvalue weighted by Crippen LogP contribution is -2.46. The van der Waals surface area contributed by atoms with Crippen LogP contribution < -0.4 is 10.6 Å². The number of carbonyl (C=O) groups is 2. The number of amides is 2. The molecule has 7 rings (SSSR count). The molecule has 3 aromatic rings. The molecular formula is C33H36F4N6O3. The number of carbonyl (C=O) groups excluding carboxylic acids is 2. The van der Waals surface area contributed by atoms with E-state index in [4.69, 9.17) is 9.40 Å². The molecule has 3 aromatic heterocycles. The third-order valence-corrected chi connectivity index (χ3v) is 10.5. The Morgan fingerprint density at radius 2 is 1.78 bits per heavy atom. The molecular weight excluding hydrogens is 604 g/mol. The molecule has 244 valence electrons. The number of halogens is 4. The monoisotopic (exact) mass is 640 g/mol. The van der Waals surface area contributed by atoms with Crippen LogP contribution in [0.3, 0.4) is 0 Å². The Labute approximate surface area is 263 Å². The van der Waals surface area contributed by atoms with Crippen molar-refractivity contribution in [2.75, 3.05) is 0 Å². The minimum Gasteiger partial charge on any atom is -0.471 e. The first kappa shape index (κ1) is 30.7. The molecule has 2 N–H and O–H groups in total. The topological polar surface area (TPSA) is 125 Å². The predicted octanol–water partition coefficient (Wildman–Crippen LogP) is 6.78. The number of nitrogens with zero attached hydrogens (tertiary/aromatic N) is 4. The van der Waals surface area contributed by atoms with Crippen molar-refractivity contribution in [3.63, 3.8) is 0 Å². The summed E-state index contributed by atoms with van der Waals surface area (Å²) in [5, 5.41) is 20.7. The van der Waals surface area contributed by atoms with Gasteiger partial charge in [-0.2, -0.15) is 10.4 Å². The maximum absolute atomic E-state index is 14.1. The summed E-state index contributed by atoms with van der Waals surface area (Å²) >= 11 is 0. The second-order valence-corrected chi connectivity index (χ2v) is 13.9. The van der Waals surface area contributed by atoms with Crippen molar-refractivity contribution < 1.29 is 31.6 Å².